The summed E-state index contributed by atoms with van der Waals surface area (Å²) in [7, 11) is 0. The maximum atomic E-state index is 13.3. The zero-order valence-corrected chi connectivity index (χ0v) is 19.4. The minimum atomic E-state index is -0.0193. The highest BCUT2D eigenvalue weighted by Gasteiger charge is 2.21. The van der Waals surface area contributed by atoms with Crippen LogP contribution in [0.1, 0.15) is 62.9 Å². The van der Waals surface area contributed by atoms with Crippen molar-refractivity contribution in [2.45, 2.75) is 58.0 Å². The maximum Gasteiger partial charge on any atom is 0.346 e. The molecule has 8 heteroatoms. The third kappa shape index (κ3) is 4.48. The van der Waals surface area contributed by atoms with Gasteiger partial charge in [-0.25, -0.2) is 9.48 Å². The fraction of sp³-hybridized carbons (Fsp3) is 0.346. The monoisotopic (exact) mass is 455 g/mol. The summed E-state index contributed by atoms with van der Waals surface area (Å²) in [6.07, 6.45) is 10.6. The van der Waals surface area contributed by atoms with E-state index in [4.69, 9.17) is 5.10 Å². The number of hydrogen-bond donors (Lipinski definition) is 1. The van der Waals surface area contributed by atoms with Gasteiger partial charge in [-0.3, -0.25) is 4.57 Å². The normalized spacial score (nSPS) is 14.7. The van der Waals surface area contributed by atoms with Gasteiger partial charge in [0.15, 0.2) is 5.82 Å². The molecule has 5 rings (SSSR count). The van der Waals surface area contributed by atoms with Crippen molar-refractivity contribution in [2.24, 2.45) is 0 Å². The second-order valence-electron chi connectivity index (χ2n) is 8.75. The summed E-state index contributed by atoms with van der Waals surface area (Å²) >= 11 is 0. The standard InChI is InChI=1S/C26H29N7O/c1-2-3-13-24-29-33(21-9-5-4-6-10-21)26(34)32(24)18-19-14-16-20(17-15-19)22-11-7-8-12-23(22)25-27-30-31-28-25/h3,7-8,11-17,21H,2,4-6,9-10,18H2,1H3,(H,27,28,30,31). The molecule has 2 aromatic heterocycles. The van der Waals surface area contributed by atoms with Gasteiger partial charge in [0.05, 0.1) is 12.6 Å². The average molecular weight is 456 g/mol. The minimum absolute atomic E-state index is 0.0193. The average Bonchev–Trinajstić information content (AvgIpc) is 3.53. The lowest BCUT2D eigenvalue weighted by atomic mass is 9.96. The Hall–Kier alpha value is -3.81. The van der Waals surface area contributed by atoms with Crippen LogP contribution in [0.2, 0.25) is 0 Å². The van der Waals surface area contributed by atoms with Crippen LogP contribution in [0, 0.1) is 0 Å². The van der Waals surface area contributed by atoms with Crippen molar-refractivity contribution in [2.75, 3.05) is 0 Å². The Bertz CT molecular complexity index is 1310. The number of allylic oxidation sites excluding steroid dienone is 1. The number of H-pyrrole nitrogens is 1. The van der Waals surface area contributed by atoms with Crippen LogP contribution in [0.25, 0.3) is 28.6 Å². The smallest absolute Gasteiger partial charge is 0.271 e. The van der Waals surface area contributed by atoms with E-state index in [-0.39, 0.29) is 11.7 Å². The van der Waals surface area contributed by atoms with Crippen molar-refractivity contribution >= 4 is 6.08 Å². The van der Waals surface area contributed by atoms with Gasteiger partial charge in [0.2, 0.25) is 5.82 Å². The second-order valence-corrected chi connectivity index (χ2v) is 8.75. The van der Waals surface area contributed by atoms with E-state index in [0.717, 1.165) is 60.2 Å². The summed E-state index contributed by atoms with van der Waals surface area (Å²) in [6, 6.07) is 16.5. The molecule has 0 amide bonds. The van der Waals surface area contributed by atoms with E-state index in [0.29, 0.717) is 12.4 Å². The number of nitrogens with zero attached hydrogens (tertiary/aromatic N) is 6. The van der Waals surface area contributed by atoms with Crippen molar-refractivity contribution in [1.82, 2.24) is 35.0 Å². The molecule has 174 valence electrons. The third-order valence-electron chi connectivity index (χ3n) is 6.46. The zero-order valence-electron chi connectivity index (χ0n) is 19.4. The van der Waals surface area contributed by atoms with Gasteiger partial charge in [0, 0.05) is 5.56 Å². The lowest BCUT2D eigenvalue weighted by molar-refractivity contribution is 0.320. The van der Waals surface area contributed by atoms with Crippen LogP contribution >= 0.6 is 0 Å². The summed E-state index contributed by atoms with van der Waals surface area (Å²) < 4.78 is 3.52. The Labute approximate surface area is 198 Å². The fourth-order valence-corrected chi connectivity index (χ4v) is 4.67. The van der Waals surface area contributed by atoms with Gasteiger partial charge in [-0.15, -0.1) is 15.3 Å². The number of aromatic nitrogens is 7. The number of hydrogen-bond acceptors (Lipinski definition) is 5. The van der Waals surface area contributed by atoms with Gasteiger partial charge in [0.1, 0.15) is 0 Å². The Morgan fingerprint density at radius 1 is 1.03 bits per heavy atom. The molecular formula is C26H29N7O. The Morgan fingerprint density at radius 2 is 1.79 bits per heavy atom. The number of rotatable bonds is 7. The quantitative estimate of drug-likeness (QED) is 0.429. The molecular weight excluding hydrogens is 426 g/mol. The SMILES string of the molecule is CCC=Cc1nn(C2CCCCC2)c(=O)n1Cc1ccc(-c2ccccc2-c2nn[nH]n2)cc1. The Balaban J connectivity index is 1.44. The molecule has 8 nitrogen and oxygen atoms in total. The van der Waals surface area contributed by atoms with E-state index in [2.05, 4.69) is 57.9 Å². The van der Waals surface area contributed by atoms with Crippen LogP contribution in [0.15, 0.2) is 59.4 Å². The molecule has 2 aromatic carbocycles. The third-order valence-corrected chi connectivity index (χ3v) is 6.46. The lowest BCUT2D eigenvalue weighted by Gasteiger charge is -2.20. The van der Waals surface area contributed by atoms with Crippen molar-refractivity contribution in [1.29, 1.82) is 0 Å². The number of aromatic amines is 1. The van der Waals surface area contributed by atoms with Crippen LogP contribution in [-0.2, 0) is 6.54 Å². The van der Waals surface area contributed by atoms with Crippen LogP contribution in [0.5, 0.6) is 0 Å². The highest BCUT2D eigenvalue weighted by atomic mass is 16.2. The minimum Gasteiger partial charge on any atom is -0.271 e. The van der Waals surface area contributed by atoms with Crippen molar-refractivity contribution in [3.8, 4) is 22.5 Å². The van der Waals surface area contributed by atoms with Gasteiger partial charge >= 0.3 is 5.69 Å². The number of tetrazole rings is 1. The number of nitrogens with one attached hydrogen (secondary N) is 1. The van der Waals surface area contributed by atoms with Gasteiger partial charge < -0.3 is 0 Å². The second kappa shape index (κ2) is 9.99. The molecule has 1 fully saturated rings. The molecule has 1 aliphatic rings. The van der Waals surface area contributed by atoms with E-state index in [9.17, 15) is 4.79 Å². The van der Waals surface area contributed by atoms with Crippen LogP contribution in [0.3, 0.4) is 0 Å². The van der Waals surface area contributed by atoms with Crippen molar-refractivity contribution < 1.29 is 0 Å². The molecule has 0 atom stereocenters. The highest BCUT2D eigenvalue weighted by Crippen LogP contribution is 2.30. The zero-order chi connectivity index (χ0) is 23.3. The summed E-state index contributed by atoms with van der Waals surface area (Å²) in [5.41, 5.74) is 4.04. The van der Waals surface area contributed by atoms with Gasteiger partial charge in [-0.1, -0.05) is 80.8 Å². The molecule has 1 N–H and O–H groups in total. The van der Waals surface area contributed by atoms with Crippen LogP contribution in [-0.4, -0.2) is 35.0 Å². The first-order valence-corrected chi connectivity index (χ1v) is 12.0. The molecule has 0 saturated heterocycles. The molecule has 1 aliphatic carbocycles. The first-order valence-electron chi connectivity index (χ1n) is 12.0. The molecule has 0 aliphatic heterocycles. The van der Waals surface area contributed by atoms with Crippen molar-refractivity contribution in [3.05, 3.63) is 76.5 Å². The number of benzene rings is 2. The van der Waals surface area contributed by atoms with E-state index in [1.165, 1.54) is 6.42 Å². The molecule has 0 radical (unpaired) electrons. The molecule has 0 spiro atoms. The molecule has 0 bridgehead atoms. The summed E-state index contributed by atoms with van der Waals surface area (Å²) in [5.74, 6) is 1.29. The van der Waals surface area contributed by atoms with Crippen molar-refractivity contribution in [3.63, 3.8) is 0 Å². The first kappa shape index (κ1) is 22.0. The summed E-state index contributed by atoms with van der Waals surface area (Å²) in [4.78, 5) is 13.3. The molecule has 4 aromatic rings. The van der Waals surface area contributed by atoms with Gasteiger partial charge in [0.25, 0.3) is 0 Å². The topological polar surface area (TPSA) is 94.3 Å². The molecule has 1 saturated carbocycles. The van der Waals surface area contributed by atoms with E-state index < -0.39 is 0 Å². The van der Waals surface area contributed by atoms with Crippen LogP contribution < -0.4 is 5.69 Å². The van der Waals surface area contributed by atoms with Gasteiger partial charge in [-0.05, 0) is 47.2 Å². The van der Waals surface area contributed by atoms with E-state index in [1.54, 1.807) is 9.25 Å². The molecule has 0 unspecified atom stereocenters. The van der Waals surface area contributed by atoms with Crippen LogP contribution in [0.4, 0.5) is 0 Å². The van der Waals surface area contributed by atoms with E-state index >= 15 is 0 Å². The fourth-order valence-electron chi connectivity index (χ4n) is 4.67. The van der Waals surface area contributed by atoms with Gasteiger partial charge in [-0.2, -0.15) is 5.21 Å². The predicted octanol–water partition coefficient (Wildman–Crippen LogP) is 4.87. The Morgan fingerprint density at radius 3 is 2.50 bits per heavy atom. The Kier molecular flexibility index (Phi) is 6.46. The maximum absolute atomic E-state index is 13.3. The summed E-state index contributed by atoms with van der Waals surface area (Å²) in [5, 5.41) is 19.2. The molecule has 2 heterocycles. The summed E-state index contributed by atoms with van der Waals surface area (Å²) in [6.45, 7) is 2.57. The molecule has 34 heavy (non-hydrogen) atoms. The first-order chi connectivity index (χ1) is 16.7. The van der Waals surface area contributed by atoms with E-state index in [1.807, 2.05) is 30.3 Å². The highest BCUT2D eigenvalue weighted by molar-refractivity contribution is 5.80. The largest absolute Gasteiger partial charge is 0.346 e. The lowest BCUT2D eigenvalue weighted by Crippen LogP contribution is -2.29. The predicted molar refractivity (Wildman–Crippen MR) is 132 cm³/mol.